The molecule has 0 fully saturated rings. The first-order chi connectivity index (χ1) is 9.23. The Balaban J connectivity index is 3.48. The lowest BCUT2D eigenvalue weighted by Crippen LogP contribution is -2.48. The van der Waals surface area contributed by atoms with Crippen LogP contribution in [0.3, 0.4) is 0 Å². The molecular formula is C9H17N3O2S. The van der Waals surface area contributed by atoms with Gasteiger partial charge in [-0.15, -0.1) is 4.72 Å². The van der Waals surface area contributed by atoms with Crippen LogP contribution in [-0.2, 0) is 16.9 Å². The average molecular weight is 237 g/mol. The topological polar surface area (TPSA) is 74.0 Å². The first-order valence-corrected chi connectivity index (χ1v) is 5.35. The number of nitrogens with zero attached hydrogens (tertiary/aromatic N) is 2. The van der Waals surface area contributed by atoms with Crippen LogP contribution in [0.5, 0.6) is 0 Å². The van der Waals surface area contributed by atoms with Gasteiger partial charge in [-0.05, 0) is 34.5 Å². The zero-order valence-electron chi connectivity index (χ0n) is 14.7. The van der Waals surface area contributed by atoms with Crippen LogP contribution < -0.4 is 4.72 Å². The van der Waals surface area contributed by atoms with Crippen LogP contribution in [0.1, 0.15) is 48.5 Å². The molecule has 1 unspecified atom stereocenters. The Kier molecular flexibility index (Phi) is 1.71. The monoisotopic (exact) mass is 237 g/mol. The molecule has 0 radical (unpaired) electrons. The number of hydrogen-bond acceptors (Lipinski definition) is 5. The van der Waals surface area contributed by atoms with Gasteiger partial charge >= 0.3 is 0 Å². The SMILES string of the molecule is [2H]C([2H])([2H])C(N[S+]([O-])C(C)(C)C)(c1ncon1)C([2H])([2H])[2H]. The molecule has 0 bridgehead atoms. The lowest BCUT2D eigenvalue weighted by Gasteiger charge is -2.30. The van der Waals surface area contributed by atoms with Gasteiger partial charge in [-0.2, -0.15) is 4.98 Å². The maximum atomic E-state index is 12.3. The summed E-state index contributed by atoms with van der Waals surface area (Å²) in [6.07, 6.45) is 0.823. The molecule has 0 aromatic carbocycles. The third-order valence-electron chi connectivity index (χ3n) is 1.50. The van der Waals surface area contributed by atoms with Crippen LogP contribution >= 0.6 is 0 Å². The Morgan fingerprint density at radius 1 is 1.53 bits per heavy atom. The molecule has 0 saturated heterocycles. The van der Waals surface area contributed by atoms with Gasteiger partial charge in [0.2, 0.25) is 6.39 Å². The van der Waals surface area contributed by atoms with Crippen molar-refractivity contribution in [1.29, 1.82) is 0 Å². The Morgan fingerprint density at radius 2 is 2.20 bits per heavy atom. The second-order valence-corrected chi connectivity index (χ2v) is 5.95. The van der Waals surface area contributed by atoms with Gasteiger partial charge in [0.1, 0.15) is 10.3 Å². The summed E-state index contributed by atoms with van der Waals surface area (Å²) >= 11 is -1.98. The highest BCUT2D eigenvalue weighted by Gasteiger charge is 2.36. The van der Waals surface area contributed by atoms with Gasteiger partial charge in [-0.25, -0.2) is 0 Å². The summed E-state index contributed by atoms with van der Waals surface area (Å²) in [7, 11) is 0. The molecule has 0 aliphatic carbocycles. The minimum absolute atomic E-state index is 0.583. The van der Waals surface area contributed by atoms with Gasteiger partial charge in [0.05, 0.1) is 0 Å². The molecule has 0 saturated carbocycles. The van der Waals surface area contributed by atoms with Crippen molar-refractivity contribution < 1.29 is 17.3 Å². The van der Waals surface area contributed by atoms with Crippen molar-refractivity contribution in [3.8, 4) is 0 Å². The van der Waals surface area contributed by atoms with E-state index in [9.17, 15) is 4.55 Å². The molecule has 1 atom stereocenters. The molecule has 1 N–H and O–H groups in total. The van der Waals surface area contributed by atoms with E-state index in [0.29, 0.717) is 0 Å². The minimum Gasteiger partial charge on any atom is -0.598 e. The Morgan fingerprint density at radius 3 is 2.60 bits per heavy atom. The van der Waals surface area contributed by atoms with E-state index in [-0.39, 0.29) is 0 Å². The molecule has 0 spiro atoms. The normalized spacial score (nSPS) is 22.9. The molecule has 86 valence electrons. The van der Waals surface area contributed by atoms with E-state index in [2.05, 4.69) is 19.4 Å². The highest BCUT2D eigenvalue weighted by atomic mass is 32.2. The van der Waals surface area contributed by atoms with Gasteiger partial charge in [0.15, 0.2) is 5.82 Å². The predicted molar refractivity (Wildman–Crippen MR) is 58.4 cm³/mol. The molecule has 0 aliphatic rings. The van der Waals surface area contributed by atoms with Gasteiger partial charge in [0.25, 0.3) is 0 Å². The summed E-state index contributed by atoms with van der Waals surface area (Å²) < 4.78 is 63.8. The highest BCUT2D eigenvalue weighted by Crippen LogP contribution is 2.22. The largest absolute Gasteiger partial charge is 0.598 e. The van der Waals surface area contributed by atoms with Crippen LogP contribution in [0.4, 0.5) is 0 Å². The average Bonchev–Trinajstić information content (AvgIpc) is 2.73. The van der Waals surface area contributed by atoms with Crippen molar-refractivity contribution in [2.75, 3.05) is 0 Å². The molecule has 0 aliphatic heterocycles. The first kappa shape index (κ1) is 6.22. The van der Waals surface area contributed by atoms with Crippen molar-refractivity contribution in [3.63, 3.8) is 0 Å². The lowest BCUT2D eigenvalue weighted by molar-refractivity contribution is 0.373. The molecule has 1 aromatic rings. The fraction of sp³-hybridized carbons (Fsp3) is 0.778. The molecule has 6 heteroatoms. The molecule has 0 amide bonds. The van der Waals surface area contributed by atoms with Crippen LogP contribution in [0.15, 0.2) is 10.9 Å². The van der Waals surface area contributed by atoms with E-state index in [1.807, 2.05) is 0 Å². The van der Waals surface area contributed by atoms with E-state index in [4.69, 9.17) is 8.22 Å². The summed E-state index contributed by atoms with van der Waals surface area (Å²) in [4.78, 5) is 3.56. The van der Waals surface area contributed by atoms with Crippen molar-refractivity contribution in [1.82, 2.24) is 14.9 Å². The third-order valence-corrected chi connectivity index (χ3v) is 3.10. The van der Waals surface area contributed by atoms with Crippen LogP contribution in [0.2, 0.25) is 0 Å². The van der Waals surface area contributed by atoms with Crippen LogP contribution in [0.25, 0.3) is 0 Å². The first-order valence-electron chi connectivity index (χ1n) is 7.20. The van der Waals surface area contributed by atoms with E-state index >= 15 is 0 Å². The maximum absolute atomic E-state index is 12.3. The smallest absolute Gasteiger partial charge is 0.213 e. The van der Waals surface area contributed by atoms with Gasteiger partial charge in [0, 0.05) is 19.6 Å². The molecule has 1 aromatic heterocycles. The summed E-state index contributed by atoms with van der Waals surface area (Å²) in [5.41, 5.74) is -2.69. The van der Waals surface area contributed by atoms with Crippen LogP contribution in [-0.4, -0.2) is 19.4 Å². The molecule has 1 rings (SSSR count). The van der Waals surface area contributed by atoms with Crippen molar-refractivity contribution in [3.05, 3.63) is 12.2 Å². The Labute approximate surface area is 101 Å². The van der Waals surface area contributed by atoms with Crippen molar-refractivity contribution >= 4 is 11.4 Å². The zero-order chi connectivity index (χ0) is 16.7. The zero-order valence-corrected chi connectivity index (χ0v) is 9.51. The standard InChI is InChI=1S/C9H17N3O2S/c1-8(2,3)15(13)12-9(4,5)7-10-6-14-11-7/h6,12H,1-5H3/i4D3,5D3. The summed E-state index contributed by atoms with van der Waals surface area (Å²) in [6, 6.07) is 0. The number of rotatable bonds is 3. The summed E-state index contributed by atoms with van der Waals surface area (Å²) in [5.74, 6) is -0.583. The molecule has 1 heterocycles. The van der Waals surface area contributed by atoms with Crippen molar-refractivity contribution in [2.45, 2.75) is 44.8 Å². The van der Waals surface area contributed by atoms with Crippen LogP contribution in [0, 0.1) is 0 Å². The Hall–Kier alpha value is -0.590. The Bertz CT molecular complexity index is 453. The van der Waals surface area contributed by atoms with Crippen molar-refractivity contribution in [2.24, 2.45) is 0 Å². The van der Waals surface area contributed by atoms with Gasteiger partial charge < -0.3 is 9.08 Å². The van der Waals surface area contributed by atoms with E-state index in [0.717, 1.165) is 6.39 Å². The quantitative estimate of drug-likeness (QED) is 0.803. The molecular weight excluding hydrogens is 214 g/mol. The lowest BCUT2D eigenvalue weighted by atomic mass is 10.1. The predicted octanol–water partition coefficient (Wildman–Crippen LogP) is 1.36. The fourth-order valence-corrected chi connectivity index (χ4v) is 1.35. The van der Waals surface area contributed by atoms with Gasteiger partial charge in [-0.1, -0.05) is 5.16 Å². The van der Waals surface area contributed by atoms with E-state index in [1.54, 1.807) is 20.8 Å². The second-order valence-electron chi connectivity index (χ2n) is 3.99. The molecule has 15 heavy (non-hydrogen) atoms. The van der Waals surface area contributed by atoms with E-state index in [1.165, 1.54) is 0 Å². The summed E-state index contributed by atoms with van der Waals surface area (Å²) in [6.45, 7) is -1.42. The van der Waals surface area contributed by atoms with Gasteiger partial charge in [-0.3, -0.25) is 0 Å². The molecule has 5 nitrogen and oxygen atoms in total. The number of hydrogen-bond donors (Lipinski definition) is 1. The maximum Gasteiger partial charge on any atom is 0.213 e. The van der Waals surface area contributed by atoms with E-state index < -0.39 is 41.2 Å². The number of nitrogens with one attached hydrogen (secondary N) is 1. The number of aromatic nitrogens is 2. The summed E-state index contributed by atoms with van der Waals surface area (Å²) in [5, 5.41) is 3.35. The third kappa shape index (κ3) is 3.19. The fourth-order valence-electron chi connectivity index (χ4n) is 0.674. The second kappa shape index (κ2) is 4.11. The highest BCUT2D eigenvalue weighted by molar-refractivity contribution is 7.90. The minimum atomic E-state index is -3.08.